The minimum Gasteiger partial charge on any atom is -0.493 e. The molecule has 10 heteroatoms. The van der Waals surface area contributed by atoms with Crippen molar-refractivity contribution in [2.45, 2.75) is 20.1 Å². The number of methoxy groups -OCH3 is 1. The molecule has 0 spiro atoms. The largest absolute Gasteiger partial charge is 0.493 e. The highest BCUT2D eigenvalue weighted by Crippen LogP contribution is 2.35. The van der Waals surface area contributed by atoms with E-state index in [4.69, 9.17) is 42.1 Å². The monoisotopic (exact) mass is 452 g/mol. The number of nitrogens with zero attached hydrogens (tertiary/aromatic N) is 2. The second kappa shape index (κ2) is 9.23. The third-order valence-electron chi connectivity index (χ3n) is 3.98. The normalized spacial score (nSPS) is 15.3. The summed E-state index contributed by atoms with van der Waals surface area (Å²) in [6.45, 7) is 2.60. The summed E-state index contributed by atoms with van der Waals surface area (Å²) in [7, 11) is 1.44. The highest BCUT2D eigenvalue weighted by Gasteiger charge is 2.33. The van der Waals surface area contributed by atoms with Gasteiger partial charge in [-0.1, -0.05) is 23.2 Å². The molecule has 0 saturated heterocycles. The number of halogens is 2. The van der Waals surface area contributed by atoms with Gasteiger partial charge in [0.15, 0.2) is 18.1 Å². The second-order valence-corrected chi connectivity index (χ2v) is 7.04. The first-order valence-corrected chi connectivity index (χ1v) is 9.52. The molecule has 1 atom stereocenters. The van der Waals surface area contributed by atoms with Crippen molar-refractivity contribution in [2.24, 2.45) is 5.10 Å². The number of hydrogen-bond acceptors (Lipinski definition) is 7. The van der Waals surface area contributed by atoms with Crippen LogP contribution in [-0.4, -0.2) is 36.5 Å². The summed E-state index contributed by atoms with van der Waals surface area (Å²) >= 11 is 12.0. The van der Waals surface area contributed by atoms with Crippen LogP contribution in [0.3, 0.4) is 0 Å². The number of hydrazone groups is 1. The molecule has 0 fully saturated rings. The number of amides is 1. The van der Waals surface area contributed by atoms with Crippen LogP contribution in [0.1, 0.15) is 25.6 Å². The summed E-state index contributed by atoms with van der Waals surface area (Å²) in [6.07, 6.45) is -0.831. The molecule has 1 aliphatic rings. The molecule has 3 rings (SSSR count). The lowest BCUT2D eigenvalue weighted by molar-refractivity contribution is -0.135. The van der Waals surface area contributed by atoms with Crippen LogP contribution < -0.4 is 14.2 Å². The van der Waals surface area contributed by atoms with Crippen molar-refractivity contribution < 1.29 is 28.5 Å². The molecule has 30 heavy (non-hydrogen) atoms. The standard InChI is InChI=1S/C20H18Cl2N2O6/c1-11(25)24-20(13-4-6-17(29-12(2)26)18(8-13)27-3)30-19(23-24)10-28-16-7-5-14(21)9-15(16)22/h4-9,20H,10H2,1-3H3/t20-/m1/s1. The Hall–Kier alpha value is -2.97. The van der Waals surface area contributed by atoms with Gasteiger partial charge < -0.3 is 18.9 Å². The molecule has 0 aromatic heterocycles. The van der Waals surface area contributed by atoms with Gasteiger partial charge in [0.25, 0.3) is 0 Å². The van der Waals surface area contributed by atoms with Gasteiger partial charge in [-0.25, -0.2) is 0 Å². The molecule has 0 N–H and O–H groups in total. The van der Waals surface area contributed by atoms with Crippen LogP contribution >= 0.6 is 23.2 Å². The predicted molar refractivity (Wildman–Crippen MR) is 110 cm³/mol. The third kappa shape index (κ3) is 4.95. The molecule has 1 aliphatic heterocycles. The second-order valence-electron chi connectivity index (χ2n) is 6.19. The summed E-state index contributed by atoms with van der Waals surface area (Å²) in [5.74, 6) is 0.340. The van der Waals surface area contributed by atoms with Crippen LogP contribution in [0.2, 0.25) is 10.0 Å². The van der Waals surface area contributed by atoms with Crippen molar-refractivity contribution in [1.29, 1.82) is 0 Å². The van der Waals surface area contributed by atoms with Crippen LogP contribution in [0.5, 0.6) is 17.2 Å². The molecule has 2 aromatic rings. The van der Waals surface area contributed by atoms with E-state index in [0.717, 1.165) is 0 Å². The average molecular weight is 453 g/mol. The van der Waals surface area contributed by atoms with E-state index in [1.807, 2.05) is 0 Å². The van der Waals surface area contributed by atoms with Crippen LogP contribution in [0.25, 0.3) is 0 Å². The van der Waals surface area contributed by atoms with Gasteiger partial charge in [0.1, 0.15) is 5.75 Å². The lowest BCUT2D eigenvalue weighted by Crippen LogP contribution is -2.25. The Morgan fingerprint density at radius 2 is 1.83 bits per heavy atom. The van der Waals surface area contributed by atoms with Gasteiger partial charge in [0.2, 0.25) is 18.0 Å². The average Bonchev–Trinajstić information content (AvgIpc) is 3.12. The Bertz CT molecular complexity index is 1010. The number of hydrogen-bond donors (Lipinski definition) is 0. The maximum absolute atomic E-state index is 12.1. The van der Waals surface area contributed by atoms with Crippen molar-refractivity contribution >= 4 is 41.0 Å². The smallest absolute Gasteiger partial charge is 0.308 e. The van der Waals surface area contributed by atoms with Crippen molar-refractivity contribution in [1.82, 2.24) is 5.01 Å². The fourth-order valence-corrected chi connectivity index (χ4v) is 3.15. The summed E-state index contributed by atoms with van der Waals surface area (Å²) in [6, 6.07) is 9.63. The van der Waals surface area contributed by atoms with E-state index >= 15 is 0 Å². The fraction of sp³-hybridized carbons (Fsp3) is 0.250. The van der Waals surface area contributed by atoms with Gasteiger partial charge in [-0.3, -0.25) is 9.59 Å². The van der Waals surface area contributed by atoms with Crippen LogP contribution in [-0.2, 0) is 14.3 Å². The molecule has 1 heterocycles. The number of benzene rings is 2. The van der Waals surface area contributed by atoms with Crippen molar-refractivity contribution in [3.8, 4) is 17.2 Å². The zero-order valence-corrected chi connectivity index (χ0v) is 17.9. The number of rotatable bonds is 6. The van der Waals surface area contributed by atoms with Gasteiger partial charge in [-0.05, 0) is 36.4 Å². The summed E-state index contributed by atoms with van der Waals surface area (Å²) < 4.78 is 21.8. The highest BCUT2D eigenvalue weighted by atomic mass is 35.5. The molecule has 2 aromatic carbocycles. The minimum absolute atomic E-state index is 0.0513. The molecule has 0 saturated carbocycles. The van der Waals surface area contributed by atoms with Crippen LogP contribution in [0.4, 0.5) is 0 Å². The van der Waals surface area contributed by atoms with E-state index in [1.54, 1.807) is 36.4 Å². The summed E-state index contributed by atoms with van der Waals surface area (Å²) in [4.78, 5) is 23.3. The Morgan fingerprint density at radius 3 is 2.47 bits per heavy atom. The SMILES string of the molecule is COc1cc([C@H]2OC(COc3ccc(Cl)cc3Cl)=NN2C(C)=O)ccc1OC(C)=O. The summed E-state index contributed by atoms with van der Waals surface area (Å²) in [5.41, 5.74) is 0.571. The minimum atomic E-state index is -0.831. The lowest BCUT2D eigenvalue weighted by atomic mass is 10.1. The number of ether oxygens (including phenoxy) is 4. The first-order chi connectivity index (χ1) is 14.3. The fourth-order valence-electron chi connectivity index (χ4n) is 2.69. The highest BCUT2D eigenvalue weighted by molar-refractivity contribution is 6.35. The molecule has 158 valence electrons. The van der Waals surface area contributed by atoms with E-state index < -0.39 is 12.2 Å². The van der Waals surface area contributed by atoms with E-state index in [2.05, 4.69) is 5.10 Å². The van der Waals surface area contributed by atoms with Gasteiger partial charge in [0, 0.05) is 24.4 Å². The predicted octanol–water partition coefficient (Wildman–Crippen LogP) is 4.20. The zero-order valence-electron chi connectivity index (χ0n) is 16.3. The third-order valence-corrected chi connectivity index (χ3v) is 4.51. The van der Waals surface area contributed by atoms with Crippen molar-refractivity contribution in [2.75, 3.05) is 13.7 Å². The Morgan fingerprint density at radius 1 is 1.10 bits per heavy atom. The molecule has 0 bridgehead atoms. The molecule has 0 unspecified atom stereocenters. The zero-order chi connectivity index (χ0) is 21.8. The maximum Gasteiger partial charge on any atom is 0.308 e. The Labute approximate surface area is 182 Å². The van der Waals surface area contributed by atoms with Crippen molar-refractivity contribution in [3.63, 3.8) is 0 Å². The van der Waals surface area contributed by atoms with Gasteiger partial charge in [-0.15, -0.1) is 5.10 Å². The maximum atomic E-state index is 12.1. The van der Waals surface area contributed by atoms with E-state index in [1.165, 1.54) is 26.0 Å². The van der Waals surface area contributed by atoms with E-state index in [0.29, 0.717) is 27.1 Å². The first-order valence-electron chi connectivity index (χ1n) is 8.76. The van der Waals surface area contributed by atoms with E-state index in [-0.39, 0.29) is 24.2 Å². The van der Waals surface area contributed by atoms with Crippen LogP contribution in [0.15, 0.2) is 41.5 Å². The summed E-state index contributed by atoms with van der Waals surface area (Å²) in [5, 5.41) is 6.20. The molecule has 0 radical (unpaired) electrons. The quantitative estimate of drug-likeness (QED) is 0.482. The number of esters is 1. The van der Waals surface area contributed by atoms with Crippen molar-refractivity contribution in [3.05, 3.63) is 52.0 Å². The molecule has 1 amide bonds. The first kappa shape index (κ1) is 21.7. The molecular weight excluding hydrogens is 435 g/mol. The van der Waals surface area contributed by atoms with Gasteiger partial charge >= 0.3 is 5.97 Å². The number of carbonyl (C=O) groups is 2. The topological polar surface area (TPSA) is 86.7 Å². The van der Waals surface area contributed by atoms with E-state index in [9.17, 15) is 9.59 Å². The Balaban J connectivity index is 1.78. The molecule has 8 nitrogen and oxygen atoms in total. The molecular formula is C20H18Cl2N2O6. The van der Waals surface area contributed by atoms with Gasteiger partial charge in [0.05, 0.1) is 12.1 Å². The van der Waals surface area contributed by atoms with Gasteiger partial charge in [-0.2, -0.15) is 5.01 Å². The number of carbonyl (C=O) groups excluding carboxylic acids is 2. The lowest BCUT2D eigenvalue weighted by Gasteiger charge is -2.20. The van der Waals surface area contributed by atoms with Crippen LogP contribution in [0, 0.1) is 0 Å². The Kier molecular flexibility index (Phi) is 6.69. The molecule has 0 aliphatic carbocycles.